The first-order valence-electron chi connectivity index (χ1n) is 7.62. The average molecular weight is 339 g/mol. The molecular weight excluding hydrogens is 323 g/mol. The summed E-state index contributed by atoms with van der Waals surface area (Å²) in [5.41, 5.74) is 0.424. The van der Waals surface area contributed by atoms with Crippen LogP contribution in [0.5, 0.6) is 0 Å². The van der Waals surface area contributed by atoms with E-state index in [2.05, 4.69) is 0 Å². The molecule has 0 radical (unpaired) electrons. The summed E-state index contributed by atoms with van der Waals surface area (Å²) in [6.45, 7) is -0.133. The summed E-state index contributed by atoms with van der Waals surface area (Å²) in [5.74, 6) is -2.13. The zero-order chi connectivity index (χ0) is 16.6. The van der Waals surface area contributed by atoms with E-state index in [1.807, 2.05) is 0 Å². The molecule has 4 amide bonds. The molecule has 1 saturated heterocycles. The van der Waals surface area contributed by atoms with E-state index >= 15 is 0 Å². The van der Waals surface area contributed by atoms with Crippen LogP contribution in [0.2, 0.25) is 5.02 Å². The highest BCUT2D eigenvalue weighted by Gasteiger charge is 2.47. The van der Waals surface area contributed by atoms with Gasteiger partial charge in [0, 0.05) is 11.1 Å². The SMILES string of the molecule is O=C1C(=O)N(C2CCCCC2)C(=O)N1Cc1ccc(F)cc1Cl. The van der Waals surface area contributed by atoms with Crippen LogP contribution in [0.25, 0.3) is 0 Å². The van der Waals surface area contributed by atoms with Crippen molar-refractivity contribution in [3.63, 3.8) is 0 Å². The van der Waals surface area contributed by atoms with Gasteiger partial charge in [-0.3, -0.25) is 19.4 Å². The summed E-state index contributed by atoms with van der Waals surface area (Å²) >= 11 is 5.94. The van der Waals surface area contributed by atoms with Crippen LogP contribution in [-0.4, -0.2) is 33.7 Å². The minimum Gasteiger partial charge on any atom is -0.263 e. The Kier molecular flexibility index (Phi) is 4.35. The number of benzene rings is 1. The molecule has 1 heterocycles. The monoisotopic (exact) mass is 338 g/mol. The van der Waals surface area contributed by atoms with Crippen molar-refractivity contribution < 1.29 is 18.8 Å². The summed E-state index contributed by atoms with van der Waals surface area (Å²) in [5, 5.41) is 0.120. The number of carbonyl (C=O) groups excluding carboxylic acids is 3. The van der Waals surface area contributed by atoms with E-state index in [9.17, 15) is 18.8 Å². The molecule has 23 heavy (non-hydrogen) atoms. The fourth-order valence-corrected chi connectivity index (χ4v) is 3.37. The predicted octanol–water partition coefficient (Wildman–Crippen LogP) is 3.10. The number of halogens is 2. The summed E-state index contributed by atoms with van der Waals surface area (Å²) in [7, 11) is 0. The summed E-state index contributed by atoms with van der Waals surface area (Å²) in [4.78, 5) is 38.8. The molecule has 5 nitrogen and oxygen atoms in total. The maximum atomic E-state index is 13.1. The van der Waals surface area contributed by atoms with Gasteiger partial charge < -0.3 is 0 Å². The Hall–Kier alpha value is -1.95. The third kappa shape index (κ3) is 2.95. The molecule has 0 aromatic heterocycles. The van der Waals surface area contributed by atoms with Crippen LogP contribution >= 0.6 is 11.6 Å². The highest BCUT2D eigenvalue weighted by molar-refractivity contribution is 6.44. The molecule has 2 fully saturated rings. The maximum absolute atomic E-state index is 13.1. The van der Waals surface area contributed by atoms with Crippen molar-refractivity contribution in [2.24, 2.45) is 0 Å². The molecule has 0 unspecified atom stereocenters. The van der Waals surface area contributed by atoms with Gasteiger partial charge in [-0.2, -0.15) is 0 Å². The maximum Gasteiger partial charge on any atom is 0.334 e. The van der Waals surface area contributed by atoms with E-state index in [1.165, 1.54) is 12.1 Å². The van der Waals surface area contributed by atoms with Crippen LogP contribution in [0.3, 0.4) is 0 Å². The second-order valence-electron chi connectivity index (χ2n) is 5.88. The Balaban J connectivity index is 1.81. The van der Waals surface area contributed by atoms with Crippen molar-refractivity contribution in [3.05, 3.63) is 34.6 Å². The summed E-state index contributed by atoms with van der Waals surface area (Å²) in [6.07, 6.45) is 4.43. The molecule has 3 rings (SSSR count). The first-order chi connectivity index (χ1) is 11.0. The van der Waals surface area contributed by atoms with Gasteiger partial charge in [0.25, 0.3) is 0 Å². The molecule has 0 spiro atoms. The van der Waals surface area contributed by atoms with Crippen molar-refractivity contribution in [2.75, 3.05) is 0 Å². The van der Waals surface area contributed by atoms with E-state index in [0.717, 1.165) is 48.0 Å². The number of imide groups is 2. The van der Waals surface area contributed by atoms with Gasteiger partial charge in [0.1, 0.15) is 5.82 Å². The second kappa shape index (κ2) is 6.28. The lowest BCUT2D eigenvalue weighted by Gasteiger charge is -2.28. The molecule has 7 heteroatoms. The lowest BCUT2D eigenvalue weighted by Crippen LogP contribution is -2.42. The van der Waals surface area contributed by atoms with Gasteiger partial charge in [0.05, 0.1) is 6.54 Å². The third-order valence-electron chi connectivity index (χ3n) is 4.37. The molecule has 1 aliphatic carbocycles. The standard InChI is InChI=1S/C16H16ClFN2O3/c17-13-8-11(18)7-6-10(13)9-19-14(21)15(22)20(16(19)23)12-4-2-1-3-5-12/h6-8,12H,1-5,9H2. The molecule has 0 N–H and O–H groups in total. The molecule has 1 aromatic rings. The van der Waals surface area contributed by atoms with E-state index in [-0.39, 0.29) is 17.6 Å². The fraction of sp³-hybridized carbons (Fsp3) is 0.438. The highest BCUT2D eigenvalue weighted by Crippen LogP contribution is 2.28. The minimum absolute atomic E-state index is 0.120. The van der Waals surface area contributed by atoms with Crippen LogP contribution in [0.1, 0.15) is 37.7 Å². The Morgan fingerprint density at radius 1 is 1.09 bits per heavy atom. The fourth-order valence-electron chi connectivity index (χ4n) is 3.14. The van der Waals surface area contributed by atoms with Crippen molar-refractivity contribution >= 4 is 29.4 Å². The first kappa shape index (κ1) is 15.9. The Morgan fingerprint density at radius 2 is 1.78 bits per heavy atom. The number of rotatable bonds is 3. The number of urea groups is 1. The van der Waals surface area contributed by atoms with Gasteiger partial charge in [-0.05, 0) is 30.5 Å². The summed E-state index contributed by atoms with van der Waals surface area (Å²) < 4.78 is 13.1. The Labute approximate surface area is 138 Å². The Bertz CT molecular complexity index is 673. The minimum atomic E-state index is -0.846. The summed E-state index contributed by atoms with van der Waals surface area (Å²) in [6, 6.07) is 2.91. The van der Waals surface area contributed by atoms with Crippen molar-refractivity contribution in [1.82, 2.24) is 9.80 Å². The number of carbonyl (C=O) groups is 3. The van der Waals surface area contributed by atoms with E-state index < -0.39 is 23.7 Å². The number of amides is 4. The zero-order valence-corrected chi connectivity index (χ0v) is 13.2. The van der Waals surface area contributed by atoms with Crippen molar-refractivity contribution in [2.45, 2.75) is 44.7 Å². The second-order valence-corrected chi connectivity index (χ2v) is 6.28. The van der Waals surface area contributed by atoms with Crippen LogP contribution < -0.4 is 0 Å². The molecule has 2 aliphatic rings. The van der Waals surface area contributed by atoms with Crippen LogP contribution in [0, 0.1) is 5.82 Å². The highest BCUT2D eigenvalue weighted by atomic mass is 35.5. The predicted molar refractivity (Wildman–Crippen MR) is 81.1 cm³/mol. The zero-order valence-electron chi connectivity index (χ0n) is 12.4. The van der Waals surface area contributed by atoms with Crippen molar-refractivity contribution in [1.29, 1.82) is 0 Å². The van der Waals surface area contributed by atoms with E-state index in [0.29, 0.717) is 5.56 Å². The number of nitrogens with zero attached hydrogens (tertiary/aromatic N) is 2. The third-order valence-corrected chi connectivity index (χ3v) is 4.72. The van der Waals surface area contributed by atoms with Gasteiger partial charge in [0.15, 0.2) is 0 Å². The first-order valence-corrected chi connectivity index (χ1v) is 8.00. The van der Waals surface area contributed by atoms with Crippen LogP contribution in [-0.2, 0) is 16.1 Å². The lowest BCUT2D eigenvalue weighted by molar-refractivity contribution is -0.144. The Morgan fingerprint density at radius 3 is 2.43 bits per heavy atom. The van der Waals surface area contributed by atoms with Crippen LogP contribution in [0.15, 0.2) is 18.2 Å². The van der Waals surface area contributed by atoms with E-state index in [4.69, 9.17) is 11.6 Å². The average Bonchev–Trinajstić information content (AvgIpc) is 2.74. The molecule has 0 atom stereocenters. The van der Waals surface area contributed by atoms with Gasteiger partial charge in [-0.25, -0.2) is 9.18 Å². The topological polar surface area (TPSA) is 57.7 Å². The molecular formula is C16H16ClFN2O3. The molecule has 1 aromatic carbocycles. The molecule has 0 bridgehead atoms. The molecule has 122 valence electrons. The van der Waals surface area contributed by atoms with Crippen molar-refractivity contribution in [3.8, 4) is 0 Å². The lowest BCUT2D eigenvalue weighted by atomic mass is 9.94. The quantitative estimate of drug-likeness (QED) is 0.628. The van der Waals surface area contributed by atoms with Crippen LogP contribution in [0.4, 0.5) is 9.18 Å². The molecule has 1 saturated carbocycles. The molecule has 1 aliphatic heterocycles. The van der Waals surface area contributed by atoms with Gasteiger partial charge in [0.2, 0.25) is 0 Å². The van der Waals surface area contributed by atoms with Gasteiger partial charge in [-0.1, -0.05) is 36.9 Å². The van der Waals surface area contributed by atoms with Gasteiger partial charge >= 0.3 is 17.8 Å². The largest absolute Gasteiger partial charge is 0.334 e. The van der Waals surface area contributed by atoms with Gasteiger partial charge in [-0.15, -0.1) is 0 Å². The number of hydrogen-bond donors (Lipinski definition) is 0. The number of hydrogen-bond acceptors (Lipinski definition) is 3. The normalized spacial score (nSPS) is 19.8. The van der Waals surface area contributed by atoms with E-state index in [1.54, 1.807) is 0 Å². The smallest absolute Gasteiger partial charge is 0.263 e.